The highest BCUT2D eigenvalue weighted by Gasteiger charge is 2.36. The van der Waals surface area contributed by atoms with Crippen LogP contribution in [0.3, 0.4) is 0 Å². The number of aryl methyl sites for hydroxylation is 1. The van der Waals surface area contributed by atoms with Crippen LogP contribution < -0.4 is 14.8 Å². The average Bonchev–Trinajstić information content (AvgIpc) is 3.50. The standard InChI is InChI=1S/C29H29N3O3S/c1-34-21-10-5-8-19(16-21)27-25-13-7-15-31(25)28-24(23-12-3-4-14-26(23)36-28)18-32(27)29(33)30-20-9-6-11-22(17-20)35-2/h5-11,13,15-17,27H,3-4,12,14,18H2,1-2H3,(H,30,33)/t27-/m1/s1. The Hall–Kier alpha value is -3.71. The van der Waals surface area contributed by atoms with Gasteiger partial charge >= 0.3 is 6.03 Å². The SMILES string of the molecule is COc1cccc(NC(=O)N2Cc3c(sc4c3CCCC4)-n3cccc3[C@H]2c2cccc(OC)c2)c1. The zero-order valence-electron chi connectivity index (χ0n) is 20.5. The average molecular weight is 500 g/mol. The number of anilines is 1. The highest BCUT2D eigenvalue weighted by atomic mass is 32.1. The zero-order valence-corrected chi connectivity index (χ0v) is 21.3. The van der Waals surface area contributed by atoms with Crippen molar-refractivity contribution < 1.29 is 14.3 Å². The summed E-state index contributed by atoms with van der Waals surface area (Å²) in [5.41, 5.74) is 5.50. The smallest absolute Gasteiger partial charge is 0.322 e. The first-order valence-electron chi connectivity index (χ1n) is 12.3. The van der Waals surface area contributed by atoms with Crippen LogP contribution >= 0.6 is 11.3 Å². The number of ether oxygens (including phenoxy) is 2. The largest absolute Gasteiger partial charge is 0.497 e. The predicted molar refractivity (Wildman–Crippen MR) is 143 cm³/mol. The molecule has 2 amide bonds. The molecule has 36 heavy (non-hydrogen) atoms. The Balaban J connectivity index is 1.49. The lowest BCUT2D eigenvalue weighted by Crippen LogP contribution is -2.38. The number of nitrogens with one attached hydrogen (secondary N) is 1. The van der Waals surface area contributed by atoms with Gasteiger partial charge in [0.1, 0.15) is 16.5 Å². The number of nitrogens with zero attached hydrogens (tertiary/aromatic N) is 2. The number of hydrogen-bond acceptors (Lipinski definition) is 4. The van der Waals surface area contributed by atoms with Crippen LogP contribution in [0.1, 0.15) is 46.1 Å². The number of methoxy groups -OCH3 is 2. The van der Waals surface area contributed by atoms with Gasteiger partial charge in [0.15, 0.2) is 0 Å². The van der Waals surface area contributed by atoms with Gasteiger partial charge in [0.25, 0.3) is 0 Å². The highest BCUT2D eigenvalue weighted by Crippen LogP contribution is 2.44. The Labute approximate surface area is 215 Å². The van der Waals surface area contributed by atoms with Crippen molar-refractivity contribution in [2.75, 3.05) is 19.5 Å². The number of rotatable bonds is 4. The number of aromatic nitrogens is 1. The van der Waals surface area contributed by atoms with Gasteiger partial charge in [-0.15, -0.1) is 11.3 Å². The molecule has 184 valence electrons. The van der Waals surface area contributed by atoms with E-state index in [1.165, 1.54) is 33.8 Å². The number of hydrogen-bond donors (Lipinski definition) is 1. The van der Waals surface area contributed by atoms with Crippen molar-refractivity contribution in [1.82, 2.24) is 9.47 Å². The first-order chi connectivity index (χ1) is 17.7. The lowest BCUT2D eigenvalue weighted by Gasteiger charge is -2.31. The van der Waals surface area contributed by atoms with Gasteiger partial charge < -0.3 is 24.3 Å². The Kier molecular flexibility index (Phi) is 5.93. The number of fused-ring (bicyclic) bond motifs is 5. The minimum atomic E-state index is -0.278. The highest BCUT2D eigenvalue weighted by molar-refractivity contribution is 7.15. The summed E-state index contributed by atoms with van der Waals surface area (Å²) in [6.07, 6.45) is 6.76. The van der Waals surface area contributed by atoms with Crippen molar-refractivity contribution >= 4 is 23.1 Å². The van der Waals surface area contributed by atoms with Gasteiger partial charge in [-0.1, -0.05) is 18.2 Å². The molecule has 0 spiro atoms. The molecule has 2 aromatic heterocycles. The van der Waals surface area contributed by atoms with Crippen molar-refractivity contribution in [3.8, 4) is 16.5 Å². The Bertz CT molecular complexity index is 1420. The first kappa shape index (κ1) is 22.7. The zero-order chi connectivity index (χ0) is 24.6. The fraction of sp³-hybridized carbons (Fsp3) is 0.276. The number of carbonyl (C=O) groups is 1. The van der Waals surface area contributed by atoms with E-state index in [2.05, 4.69) is 34.3 Å². The lowest BCUT2D eigenvalue weighted by molar-refractivity contribution is 0.194. The second kappa shape index (κ2) is 9.39. The molecule has 1 aliphatic heterocycles. The Morgan fingerprint density at radius 3 is 2.56 bits per heavy atom. The lowest BCUT2D eigenvalue weighted by atomic mass is 9.95. The normalized spacial score (nSPS) is 16.4. The molecule has 0 radical (unpaired) electrons. The van der Waals surface area contributed by atoms with Crippen LogP contribution in [0.5, 0.6) is 11.5 Å². The van der Waals surface area contributed by atoms with Crippen LogP contribution in [-0.2, 0) is 19.4 Å². The maximum atomic E-state index is 14.0. The van der Waals surface area contributed by atoms with Crippen molar-refractivity contribution in [2.45, 2.75) is 38.3 Å². The third-order valence-corrected chi connectivity index (χ3v) is 8.50. The van der Waals surface area contributed by atoms with Crippen LogP contribution in [0.15, 0.2) is 66.9 Å². The number of amides is 2. The molecule has 6 rings (SSSR count). The van der Waals surface area contributed by atoms with Gasteiger partial charge in [-0.05, 0) is 73.2 Å². The Morgan fingerprint density at radius 1 is 0.944 bits per heavy atom. The van der Waals surface area contributed by atoms with Gasteiger partial charge in [-0.2, -0.15) is 0 Å². The quantitative estimate of drug-likeness (QED) is 0.345. The summed E-state index contributed by atoms with van der Waals surface area (Å²) in [5.74, 6) is 1.48. The topological polar surface area (TPSA) is 55.7 Å². The van der Waals surface area contributed by atoms with Gasteiger partial charge in [-0.25, -0.2) is 4.79 Å². The summed E-state index contributed by atoms with van der Waals surface area (Å²) in [6.45, 7) is 0.542. The van der Waals surface area contributed by atoms with E-state index in [0.717, 1.165) is 29.8 Å². The molecule has 0 saturated carbocycles. The van der Waals surface area contributed by atoms with Gasteiger partial charge in [-0.3, -0.25) is 0 Å². The second-order valence-corrected chi connectivity index (χ2v) is 10.4. The van der Waals surface area contributed by atoms with E-state index < -0.39 is 0 Å². The summed E-state index contributed by atoms with van der Waals surface area (Å²) in [5, 5.41) is 4.38. The summed E-state index contributed by atoms with van der Waals surface area (Å²) in [4.78, 5) is 17.5. The molecule has 0 bridgehead atoms. The number of urea groups is 1. The summed E-state index contributed by atoms with van der Waals surface area (Å²) in [6, 6.07) is 19.3. The van der Waals surface area contributed by atoms with Crippen LogP contribution in [0, 0.1) is 0 Å². The minimum absolute atomic E-state index is 0.146. The Morgan fingerprint density at radius 2 is 1.72 bits per heavy atom. The van der Waals surface area contributed by atoms with E-state index in [9.17, 15) is 4.79 Å². The fourth-order valence-electron chi connectivity index (χ4n) is 5.45. The van der Waals surface area contributed by atoms with E-state index >= 15 is 0 Å². The molecule has 0 saturated heterocycles. The molecule has 1 aliphatic carbocycles. The maximum absolute atomic E-state index is 14.0. The third kappa shape index (κ3) is 3.93. The van der Waals surface area contributed by atoms with Crippen molar-refractivity contribution in [1.29, 1.82) is 0 Å². The number of carbonyl (C=O) groups excluding carboxylic acids is 1. The monoisotopic (exact) mass is 499 g/mol. The molecule has 7 heteroatoms. The molecule has 2 aliphatic rings. The van der Waals surface area contributed by atoms with E-state index in [0.29, 0.717) is 18.0 Å². The molecule has 2 aromatic carbocycles. The fourth-order valence-corrected chi connectivity index (χ4v) is 6.85. The molecule has 6 nitrogen and oxygen atoms in total. The van der Waals surface area contributed by atoms with Crippen LogP contribution in [-0.4, -0.2) is 29.7 Å². The van der Waals surface area contributed by atoms with Crippen LogP contribution in [0.4, 0.5) is 10.5 Å². The molecule has 0 unspecified atom stereocenters. The van der Waals surface area contributed by atoms with Crippen molar-refractivity contribution in [3.05, 3.63) is 94.1 Å². The third-order valence-electron chi connectivity index (χ3n) is 7.17. The first-order valence-corrected chi connectivity index (χ1v) is 13.1. The number of thiophene rings is 1. The van der Waals surface area contributed by atoms with E-state index in [-0.39, 0.29) is 12.1 Å². The van der Waals surface area contributed by atoms with Crippen LogP contribution in [0.2, 0.25) is 0 Å². The van der Waals surface area contributed by atoms with E-state index in [1.807, 2.05) is 58.7 Å². The predicted octanol–water partition coefficient (Wildman–Crippen LogP) is 6.57. The molecular formula is C29H29N3O3S. The van der Waals surface area contributed by atoms with Crippen LogP contribution in [0.25, 0.3) is 5.00 Å². The molecule has 3 heterocycles. The van der Waals surface area contributed by atoms with Gasteiger partial charge in [0.2, 0.25) is 0 Å². The summed E-state index contributed by atoms with van der Waals surface area (Å²) < 4.78 is 13.2. The maximum Gasteiger partial charge on any atom is 0.322 e. The summed E-state index contributed by atoms with van der Waals surface area (Å²) >= 11 is 1.89. The van der Waals surface area contributed by atoms with E-state index in [1.54, 1.807) is 14.2 Å². The molecule has 0 fully saturated rings. The second-order valence-electron chi connectivity index (χ2n) is 9.27. The van der Waals surface area contributed by atoms with Gasteiger partial charge in [0.05, 0.1) is 32.5 Å². The van der Waals surface area contributed by atoms with Crippen molar-refractivity contribution in [3.63, 3.8) is 0 Å². The number of benzene rings is 2. The molecule has 1 N–H and O–H groups in total. The molecular weight excluding hydrogens is 470 g/mol. The minimum Gasteiger partial charge on any atom is -0.497 e. The molecule has 4 aromatic rings. The molecule has 1 atom stereocenters. The van der Waals surface area contributed by atoms with Crippen molar-refractivity contribution in [2.24, 2.45) is 0 Å². The summed E-state index contributed by atoms with van der Waals surface area (Å²) in [7, 11) is 3.30. The van der Waals surface area contributed by atoms with E-state index in [4.69, 9.17) is 9.47 Å². The van der Waals surface area contributed by atoms with Gasteiger partial charge in [0, 0.05) is 28.4 Å².